The summed E-state index contributed by atoms with van der Waals surface area (Å²) in [5.74, 6) is 1.82. The van der Waals surface area contributed by atoms with Crippen molar-refractivity contribution in [3.05, 3.63) is 50.8 Å². The number of aryl methyl sites for hydroxylation is 1. The Balaban J connectivity index is 1.63. The predicted molar refractivity (Wildman–Crippen MR) is 99.8 cm³/mol. The van der Waals surface area contributed by atoms with E-state index in [0.29, 0.717) is 32.4 Å². The van der Waals surface area contributed by atoms with E-state index >= 15 is 0 Å². The van der Waals surface area contributed by atoms with Gasteiger partial charge in [0.25, 0.3) is 5.95 Å². The van der Waals surface area contributed by atoms with Gasteiger partial charge < -0.3 is 8.83 Å². The second kappa shape index (κ2) is 8.03. The van der Waals surface area contributed by atoms with E-state index in [9.17, 15) is 0 Å². The van der Waals surface area contributed by atoms with Crippen LogP contribution in [0.2, 0.25) is 0 Å². The lowest BCUT2D eigenvalue weighted by Crippen LogP contribution is -2.05. The molecule has 0 spiro atoms. The lowest BCUT2D eigenvalue weighted by atomic mass is 10.5. The van der Waals surface area contributed by atoms with Gasteiger partial charge in [-0.05, 0) is 63.0 Å². The monoisotopic (exact) mass is 467 g/mol. The van der Waals surface area contributed by atoms with Gasteiger partial charge in [-0.2, -0.15) is 15.2 Å². The topological polar surface area (TPSA) is 114 Å². The summed E-state index contributed by atoms with van der Waals surface area (Å²) in [7, 11) is 0. The summed E-state index contributed by atoms with van der Waals surface area (Å²) in [4.78, 5) is 4.24. The molecule has 0 saturated heterocycles. The lowest BCUT2D eigenvalue weighted by Gasteiger charge is -2.03. The summed E-state index contributed by atoms with van der Waals surface area (Å²) < 4.78 is 11.8. The molecule has 9 nitrogen and oxygen atoms in total. The number of halogens is 2. The van der Waals surface area contributed by atoms with Crippen LogP contribution in [0, 0.1) is 6.92 Å². The summed E-state index contributed by atoms with van der Waals surface area (Å²) in [6.45, 7) is 1.76. The minimum atomic E-state index is 0.214. The number of rotatable bonds is 6. The van der Waals surface area contributed by atoms with Crippen LogP contribution in [0.25, 0.3) is 0 Å². The second-order valence-corrected chi connectivity index (χ2v) is 6.16. The van der Waals surface area contributed by atoms with Crippen LogP contribution in [-0.4, -0.2) is 27.6 Å². The van der Waals surface area contributed by atoms with Crippen molar-refractivity contribution in [2.45, 2.75) is 6.92 Å². The van der Waals surface area contributed by atoms with E-state index < -0.39 is 0 Å². The largest absolute Gasteiger partial charge is 0.448 e. The molecule has 3 aromatic rings. The Morgan fingerprint density at radius 3 is 2.08 bits per heavy atom. The Kier molecular flexibility index (Phi) is 5.56. The fraction of sp³-hybridized carbons (Fsp3) is 0.0714. The zero-order valence-electron chi connectivity index (χ0n) is 12.8. The first-order valence-electron chi connectivity index (χ1n) is 6.90. The highest BCUT2D eigenvalue weighted by Gasteiger charge is 2.04. The number of aromatic nitrogens is 3. The molecule has 25 heavy (non-hydrogen) atoms. The minimum Gasteiger partial charge on any atom is -0.448 e. The minimum absolute atomic E-state index is 0.214. The van der Waals surface area contributed by atoms with Crippen molar-refractivity contribution in [2.24, 2.45) is 10.2 Å². The number of anilines is 2. The van der Waals surface area contributed by atoms with Crippen molar-refractivity contribution in [3.63, 3.8) is 0 Å². The van der Waals surface area contributed by atoms with Crippen LogP contribution in [0.5, 0.6) is 0 Å². The second-order valence-electron chi connectivity index (χ2n) is 4.59. The SMILES string of the molecule is Cc1nnc(N/N=C\c2ccc(Br)o2)nc1N/N=C\c1ccc(Br)o1. The van der Waals surface area contributed by atoms with Crippen LogP contribution in [0.1, 0.15) is 17.2 Å². The standard InChI is InChI=1S/C14H11Br2N7O2/c1-8-13(21-17-6-9-2-4-11(15)24-9)19-14(23-20-8)22-18-7-10-3-5-12(16)25-10/h2-7H,1H3,(H2,19,21,22,23)/b17-6-,18-7-. The molecule has 0 aromatic carbocycles. The van der Waals surface area contributed by atoms with E-state index in [1.54, 1.807) is 31.2 Å². The average Bonchev–Trinajstić information content (AvgIpc) is 3.18. The summed E-state index contributed by atoms with van der Waals surface area (Å²) in [5.41, 5.74) is 6.05. The molecular formula is C14H11Br2N7O2. The number of nitrogens with one attached hydrogen (secondary N) is 2. The average molecular weight is 469 g/mol. The maximum atomic E-state index is 5.31. The molecule has 0 saturated carbocycles. The van der Waals surface area contributed by atoms with Crippen molar-refractivity contribution in [2.75, 3.05) is 10.9 Å². The third kappa shape index (κ3) is 4.97. The fourth-order valence-electron chi connectivity index (χ4n) is 1.64. The van der Waals surface area contributed by atoms with E-state index in [1.807, 2.05) is 0 Å². The normalized spacial score (nSPS) is 11.5. The zero-order valence-corrected chi connectivity index (χ0v) is 15.9. The van der Waals surface area contributed by atoms with Crippen molar-refractivity contribution in [3.8, 4) is 0 Å². The number of nitrogens with zero attached hydrogens (tertiary/aromatic N) is 5. The highest BCUT2D eigenvalue weighted by Crippen LogP contribution is 2.14. The third-order valence-corrected chi connectivity index (χ3v) is 3.61. The van der Waals surface area contributed by atoms with E-state index in [2.05, 4.69) is 68.1 Å². The van der Waals surface area contributed by atoms with E-state index in [0.717, 1.165) is 0 Å². The van der Waals surface area contributed by atoms with Crippen LogP contribution < -0.4 is 10.9 Å². The number of hydrogen-bond donors (Lipinski definition) is 2. The number of furan rings is 2. The Morgan fingerprint density at radius 2 is 1.52 bits per heavy atom. The molecular weight excluding hydrogens is 458 g/mol. The van der Waals surface area contributed by atoms with Crippen LogP contribution in [-0.2, 0) is 0 Å². The summed E-state index contributed by atoms with van der Waals surface area (Å²) in [6, 6.07) is 7.08. The van der Waals surface area contributed by atoms with E-state index in [1.165, 1.54) is 12.4 Å². The molecule has 0 unspecified atom stereocenters. The van der Waals surface area contributed by atoms with Crippen LogP contribution in [0.4, 0.5) is 11.8 Å². The molecule has 0 atom stereocenters. The first-order chi connectivity index (χ1) is 12.1. The smallest absolute Gasteiger partial charge is 0.265 e. The Morgan fingerprint density at radius 1 is 0.920 bits per heavy atom. The maximum Gasteiger partial charge on any atom is 0.265 e. The van der Waals surface area contributed by atoms with Gasteiger partial charge in [0.15, 0.2) is 15.2 Å². The van der Waals surface area contributed by atoms with Crippen LogP contribution in [0.3, 0.4) is 0 Å². The highest BCUT2D eigenvalue weighted by molar-refractivity contribution is 9.10. The van der Waals surface area contributed by atoms with Gasteiger partial charge >= 0.3 is 0 Å². The quantitative estimate of drug-likeness (QED) is 0.417. The summed E-state index contributed by atoms with van der Waals surface area (Å²) >= 11 is 6.44. The van der Waals surface area contributed by atoms with Gasteiger partial charge in [0.1, 0.15) is 17.2 Å². The van der Waals surface area contributed by atoms with Gasteiger partial charge in [-0.15, -0.1) is 10.2 Å². The van der Waals surface area contributed by atoms with Gasteiger partial charge in [-0.1, -0.05) is 0 Å². The Bertz CT molecular complexity index is 920. The molecule has 0 aliphatic heterocycles. The summed E-state index contributed by atoms with van der Waals surface area (Å²) in [5, 5.41) is 15.9. The van der Waals surface area contributed by atoms with Gasteiger partial charge in [0.2, 0.25) is 0 Å². The fourth-order valence-corrected chi connectivity index (χ4v) is 2.28. The summed E-state index contributed by atoms with van der Waals surface area (Å²) in [6.07, 6.45) is 3.01. The predicted octanol–water partition coefficient (Wildman–Crippen LogP) is 3.78. The molecule has 3 rings (SSSR count). The van der Waals surface area contributed by atoms with Crippen LogP contribution >= 0.6 is 31.9 Å². The molecule has 128 valence electrons. The molecule has 3 heterocycles. The van der Waals surface area contributed by atoms with Crippen molar-refractivity contribution in [1.29, 1.82) is 0 Å². The van der Waals surface area contributed by atoms with Crippen molar-refractivity contribution >= 4 is 56.1 Å². The van der Waals surface area contributed by atoms with Gasteiger partial charge in [-0.3, -0.25) is 5.43 Å². The molecule has 0 aliphatic rings. The Hall–Kier alpha value is -2.53. The molecule has 0 aliphatic carbocycles. The van der Waals surface area contributed by atoms with Crippen molar-refractivity contribution < 1.29 is 8.83 Å². The first kappa shape index (κ1) is 17.3. The van der Waals surface area contributed by atoms with Gasteiger partial charge in [0.05, 0.1) is 12.4 Å². The number of hydrazone groups is 2. The van der Waals surface area contributed by atoms with Crippen molar-refractivity contribution in [1.82, 2.24) is 15.2 Å². The molecule has 2 N–H and O–H groups in total. The molecule has 3 aromatic heterocycles. The molecule has 0 bridgehead atoms. The number of hydrogen-bond acceptors (Lipinski definition) is 9. The molecule has 11 heteroatoms. The zero-order chi connectivity index (χ0) is 17.6. The first-order valence-corrected chi connectivity index (χ1v) is 8.49. The Labute approximate surface area is 158 Å². The molecule has 0 radical (unpaired) electrons. The molecule has 0 amide bonds. The van der Waals surface area contributed by atoms with E-state index in [4.69, 9.17) is 8.83 Å². The van der Waals surface area contributed by atoms with Crippen LogP contribution in [0.15, 0.2) is 52.6 Å². The van der Waals surface area contributed by atoms with Gasteiger partial charge in [-0.25, -0.2) is 5.43 Å². The lowest BCUT2D eigenvalue weighted by molar-refractivity contribution is 0.534. The highest BCUT2D eigenvalue weighted by atomic mass is 79.9. The molecule has 0 fully saturated rings. The maximum absolute atomic E-state index is 5.31. The third-order valence-electron chi connectivity index (χ3n) is 2.76. The van der Waals surface area contributed by atoms with Gasteiger partial charge in [0, 0.05) is 0 Å². The van der Waals surface area contributed by atoms with E-state index in [-0.39, 0.29) is 5.95 Å².